The van der Waals surface area contributed by atoms with Gasteiger partial charge in [0, 0.05) is 46.4 Å². The topological polar surface area (TPSA) is 176 Å². The number of nitro groups is 1. The maximum atomic E-state index is 10.8. The summed E-state index contributed by atoms with van der Waals surface area (Å²) >= 11 is 3.16. The van der Waals surface area contributed by atoms with Gasteiger partial charge in [-0.1, -0.05) is 0 Å². The molecule has 0 aliphatic rings. The summed E-state index contributed by atoms with van der Waals surface area (Å²) in [6.45, 7) is 1.22. The highest BCUT2D eigenvalue weighted by Crippen LogP contribution is 2.26. The summed E-state index contributed by atoms with van der Waals surface area (Å²) in [4.78, 5) is 18.7. The molecule has 0 aliphatic heterocycles. The zero-order valence-electron chi connectivity index (χ0n) is 18.6. The van der Waals surface area contributed by atoms with Gasteiger partial charge >= 0.3 is 0 Å². The number of anilines is 3. The molecule has 0 saturated carbocycles. The fraction of sp³-hybridized carbons (Fsp3) is 0.0909. The van der Waals surface area contributed by atoms with Gasteiger partial charge in [-0.3, -0.25) is 20.3 Å². The van der Waals surface area contributed by atoms with Crippen molar-refractivity contribution < 1.29 is 4.92 Å². The Morgan fingerprint density at radius 2 is 1.42 bits per heavy atom. The van der Waals surface area contributed by atoms with Crippen LogP contribution in [0, 0.1) is 10.1 Å². The summed E-state index contributed by atoms with van der Waals surface area (Å²) in [6.07, 6.45) is 3.53. The Kier molecular flexibility index (Phi) is 6.68. The highest BCUT2D eigenvalue weighted by Gasteiger charge is 2.12. The lowest BCUT2D eigenvalue weighted by molar-refractivity contribution is -0.384. The van der Waals surface area contributed by atoms with E-state index in [-0.39, 0.29) is 5.69 Å². The van der Waals surface area contributed by atoms with Gasteiger partial charge in [0.15, 0.2) is 11.6 Å². The smallest absolute Gasteiger partial charge is 0.270 e. The maximum absolute atomic E-state index is 10.8. The molecule has 6 N–H and O–H groups in total. The number of hydrogen-bond acceptors (Lipinski definition) is 11. The van der Waals surface area contributed by atoms with Crippen LogP contribution >= 0.6 is 22.7 Å². The predicted molar refractivity (Wildman–Crippen MR) is 142 cm³/mol. The molecule has 6 aromatic rings. The van der Waals surface area contributed by atoms with E-state index in [4.69, 9.17) is 5.73 Å². The van der Waals surface area contributed by atoms with Gasteiger partial charge < -0.3 is 16.4 Å². The second-order valence-corrected chi connectivity index (χ2v) is 9.45. The van der Waals surface area contributed by atoms with Crippen LogP contribution < -0.4 is 16.4 Å². The lowest BCUT2D eigenvalue weighted by Crippen LogP contribution is -1.99. The molecule has 12 nitrogen and oxygen atoms in total. The van der Waals surface area contributed by atoms with Gasteiger partial charge in [-0.15, -0.1) is 22.7 Å². The minimum absolute atomic E-state index is 0.0474. The monoisotopic (exact) mass is 520 g/mol. The molecule has 4 aromatic heterocycles. The number of aromatic amines is 2. The zero-order chi connectivity index (χ0) is 24.9. The van der Waals surface area contributed by atoms with Crippen LogP contribution in [0.3, 0.4) is 0 Å². The zero-order valence-corrected chi connectivity index (χ0v) is 20.3. The van der Waals surface area contributed by atoms with Gasteiger partial charge in [-0.05, 0) is 24.3 Å². The molecule has 0 atom stereocenters. The van der Waals surface area contributed by atoms with Crippen molar-refractivity contribution in [2.24, 2.45) is 0 Å². The third kappa shape index (κ3) is 5.24. The van der Waals surface area contributed by atoms with Crippen molar-refractivity contribution >= 4 is 67.5 Å². The van der Waals surface area contributed by atoms with Crippen molar-refractivity contribution in [1.82, 2.24) is 30.4 Å². The number of nitrogens with zero attached hydrogens (tertiary/aromatic N) is 5. The number of aromatic nitrogens is 6. The van der Waals surface area contributed by atoms with Gasteiger partial charge in [-0.2, -0.15) is 10.2 Å². The SMILES string of the molecule is Nc1ccc2[nH]nc(NCc3nccs3)c2c1.O=[N+]([O-])c1ccc2[nH]nc(NCc3nccs3)c2c1. The summed E-state index contributed by atoms with van der Waals surface area (Å²) < 4.78 is 0. The Morgan fingerprint density at radius 3 is 1.94 bits per heavy atom. The number of nitrogen functional groups attached to an aromatic ring is 1. The number of non-ortho nitro benzene ring substituents is 1. The Labute approximate surface area is 211 Å². The Bertz CT molecular complexity index is 1590. The van der Waals surface area contributed by atoms with Crippen molar-refractivity contribution in [3.05, 3.63) is 79.7 Å². The highest BCUT2D eigenvalue weighted by molar-refractivity contribution is 7.09. The third-order valence-corrected chi connectivity index (χ3v) is 6.68. The Hall–Kier alpha value is -4.56. The molecule has 0 fully saturated rings. The van der Waals surface area contributed by atoms with E-state index in [9.17, 15) is 10.1 Å². The van der Waals surface area contributed by atoms with Crippen molar-refractivity contribution in [1.29, 1.82) is 0 Å². The second kappa shape index (κ2) is 10.4. The number of rotatable bonds is 7. The molecule has 0 spiro atoms. The van der Waals surface area contributed by atoms with E-state index in [1.54, 1.807) is 29.8 Å². The molecule has 0 bridgehead atoms. The van der Waals surface area contributed by atoms with Crippen LogP contribution in [0.4, 0.5) is 23.0 Å². The van der Waals surface area contributed by atoms with Crippen molar-refractivity contribution in [2.75, 3.05) is 16.4 Å². The number of fused-ring (bicyclic) bond motifs is 2. The fourth-order valence-corrected chi connectivity index (χ4v) is 4.53. The molecule has 0 unspecified atom stereocenters. The number of thiazole rings is 2. The van der Waals surface area contributed by atoms with Crippen molar-refractivity contribution in [3.63, 3.8) is 0 Å². The average Bonchev–Trinajstić information content (AvgIpc) is 3.69. The lowest BCUT2D eigenvalue weighted by Gasteiger charge is -2.00. The minimum atomic E-state index is -0.420. The third-order valence-electron chi connectivity index (χ3n) is 5.13. The number of H-pyrrole nitrogens is 2. The quantitative estimate of drug-likeness (QED) is 0.113. The summed E-state index contributed by atoms with van der Waals surface area (Å²) in [5.41, 5.74) is 8.27. The van der Waals surface area contributed by atoms with Gasteiger partial charge in [0.05, 0.1) is 34.4 Å². The molecular weight excluding hydrogens is 500 g/mol. The first-order valence-electron chi connectivity index (χ1n) is 10.7. The van der Waals surface area contributed by atoms with E-state index in [0.717, 1.165) is 37.9 Å². The standard InChI is InChI=1S/C11H9N5O2S.C11H11N5S/c17-16(18)7-1-2-9-8(5-7)11(15-14-9)13-6-10-12-3-4-19-10;12-7-1-2-9-8(5-7)11(16-15-9)14-6-10-13-3-4-17-10/h1-5H,6H2,(H2,13,14,15);1-5H,6,12H2,(H2,14,15,16). The summed E-state index contributed by atoms with van der Waals surface area (Å²) in [5.74, 6) is 1.40. The highest BCUT2D eigenvalue weighted by atomic mass is 32.1. The van der Waals surface area contributed by atoms with E-state index in [2.05, 4.69) is 41.0 Å². The molecule has 14 heteroatoms. The first-order valence-corrected chi connectivity index (χ1v) is 12.4. The van der Waals surface area contributed by atoms with Crippen LogP contribution in [-0.2, 0) is 13.1 Å². The molecular formula is C22H20N10O2S2. The molecule has 0 aliphatic carbocycles. The van der Waals surface area contributed by atoms with E-state index < -0.39 is 4.92 Å². The largest absolute Gasteiger partial charge is 0.399 e. The second-order valence-electron chi connectivity index (χ2n) is 7.50. The van der Waals surface area contributed by atoms with Gasteiger partial charge in [-0.25, -0.2) is 9.97 Å². The predicted octanol–water partition coefficient (Wildman–Crippen LogP) is 4.75. The number of nitro benzene ring substituents is 1. The van der Waals surface area contributed by atoms with E-state index in [0.29, 0.717) is 24.3 Å². The van der Waals surface area contributed by atoms with Crippen molar-refractivity contribution in [2.45, 2.75) is 13.1 Å². The van der Waals surface area contributed by atoms with Crippen molar-refractivity contribution in [3.8, 4) is 0 Å². The number of nitrogens with one attached hydrogen (secondary N) is 4. The van der Waals surface area contributed by atoms with E-state index in [1.807, 2.05) is 29.0 Å². The Morgan fingerprint density at radius 1 is 0.861 bits per heavy atom. The normalized spacial score (nSPS) is 10.8. The molecule has 36 heavy (non-hydrogen) atoms. The maximum Gasteiger partial charge on any atom is 0.270 e. The van der Waals surface area contributed by atoms with Crippen LogP contribution in [-0.4, -0.2) is 35.3 Å². The number of benzene rings is 2. The van der Waals surface area contributed by atoms with Crippen LogP contribution in [0.2, 0.25) is 0 Å². The van der Waals surface area contributed by atoms with Gasteiger partial charge in [0.1, 0.15) is 10.0 Å². The summed E-state index contributed by atoms with van der Waals surface area (Å²) in [5, 5.41) is 38.8. The number of nitrogens with two attached hydrogens (primary N) is 1. The molecule has 182 valence electrons. The number of hydrogen-bond donors (Lipinski definition) is 5. The molecule has 0 amide bonds. The molecule has 0 saturated heterocycles. The first-order chi connectivity index (χ1) is 17.6. The first kappa shape index (κ1) is 23.2. The van der Waals surface area contributed by atoms with Crippen LogP contribution in [0.15, 0.2) is 59.6 Å². The van der Waals surface area contributed by atoms with Gasteiger partial charge in [0.2, 0.25) is 0 Å². The van der Waals surface area contributed by atoms with E-state index in [1.165, 1.54) is 23.5 Å². The van der Waals surface area contributed by atoms with E-state index >= 15 is 0 Å². The molecule has 0 radical (unpaired) electrons. The lowest BCUT2D eigenvalue weighted by atomic mass is 10.2. The molecule has 2 aromatic carbocycles. The fourth-order valence-electron chi connectivity index (χ4n) is 3.42. The molecule has 6 rings (SSSR count). The van der Waals surface area contributed by atoms with Crippen LogP contribution in [0.1, 0.15) is 10.0 Å². The molecule has 4 heterocycles. The average molecular weight is 521 g/mol. The van der Waals surface area contributed by atoms with Crippen LogP contribution in [0.25, 0.3) is 21.8 Å². The van der Waals surface area contributed by atoms with Crippen LogP contribution in [0.5, 0.6) is 0 Å². The minimum Gasteiger partial charge on any atom is -0.399 e. The van der Waals surface area contributed by atoms with Gasteiger partial charge in [0.25, 0.3) is 5.69 Å². The summed E-state index contributed by atoms with van der Waals surface area (Å²) in [7, 11) is 0. The summed E-state index contributed by atoms with van der Waals surface area (Å²) in [6, 6.07) is 10.3. The Balaban J connectivity index is 0.000000149.